The second-order valence-corrected chi connectivity index (χ2v) is 5.65. The molecule has 0 unspecified atom stereocenters. The minimum Gasteiger partial charge on any atom is -0.385 e. The van der Waals surface area contributed by atoms with Gasteiger partial charge in [0, 0.05) is 23.8 Å². The van der Waals surface area contributed by atoms with Gasteiger partial charge in [-0.3, -0.25) is 4.98 Å². The molecule has 2 rings (SSSR count). The largest absolute Gasteiger partial charge is 0.385 e. The lowest BCUT2D eigenvalue weighted by Gasteiger charge is -2.18. The van der Waals surface area contributed by atoms with E-state index in [9.17, 15) is 0 Å². The van der Waals surface area contributed by atoms with Crippen LogP contribution in [0.5, 0.6) is 0 Å². The van der Waals surface area contributed by atoms with Gasteiger partial charge in [-0.2, -0.15) is 0 Å². The Balaban J connectivity index is 2.04. The van der Waals surface area contributed by atoms with Crippen LogP contribution in [-0.2, 0) is 0 Å². The molecule has 2 heteroatoms. The Morgan fingerprint density at radius 3 is 2.76 bits per heavy atom. The van der Waals surface area contributed by atoms with E-state index in [0.717, 1.165) is 18.5 Å². The summed E-state index contributed by atoms with van der Waals surface area (Å²) >= 11 is 0. The molecule has 0 spiro atoms. The monoisotopic (exact) mass is 228 g/mol. The quantitative estimate of drug-likeness (QED) is 0.856. The molecule has 17 heavy (non-hydrogen) atoms. The number of benzene rings is 1. The third kappa shape index (κ3) is 3.45. The molecule has 0 fully saturated rings. The van der Waals surface area contributed by atoms with Gasteiger partial charge in [0.05, 0.1) is 5.52 Å². The van der Waals surface area contributed by atoms with Crippen LogP contribution in [0.15, 0.2) is 36.5 Å². The molecule has 90 valence electrons. The van der Waals surface area contributed by atoms with Gasteiger partial charge >= 0.3 is 0 Å². The van der Waals surface area contributed by atoms with Crippen LogP contribution in [0.2, 0.25) is 0 Å². The molecular formula is C15H20N2. The first-order valence-corrected chi connectivity index (χ1v) is 6.13. The van der Waals surface area contributed by atoms with E-state index in [1.807, 2.05) is 12.3 Å². The summed E-state index contributed by atoms with van der Waals surface area (Å²) in [5, 5.41) is 4.65. The molecule has 0 amide bonds. The summed E-state index contributed by atoms with van der Waals surface area (Å²) in [5.74, 6) is 0. The van der Waals surface area contributed by atoms with Gasteiger partial charge in [-0.15, -0.1) is 0 Å². The zero-order valence-electron chi connectivity index (χ0n) is 10.8. The number of hydrogen-bond acceptors (Lipinski definition) is 2. The number of rotatable bonds is 3. The lowest BCUT2D eigenvalue weighted by molar-refractivity contribution is 0.390. The van der Waals surface area contributed by atoms with Gasteiger partial charge in [0.2, 0.25) is 0 Å². The van der Waals surface area contributed by atoms with E-state index in [4.69, 9.17) is 0 Å². The van der Waals surface area contributed by atoms with E-state index in [0.29, 0.717) is 5.41 Å². The number of nitrogens with one attached hydrogen (secondary N) is 1. The first-order valence-electron chi connectivity index (χ1n) is 6.13. The maximum absolute atomic E-state index is 4.31. The Bertz CT molecular complexity index is 497. The second-order valence-electron chi connectivity index (χ2n) is 5.65. The van der Waals surface area contributed by atoms with Gasteiger partial charge in [0.25, 0.3) is 0 Å². The summed E-state index contributed by atoms with van der Waals surface area (Å²) < 4.78 is 0. The van der Waals surface area contributed by atoms with Crippen molar-refractivity contribution in [1.82, 2.24) is 4.98 Å². The molecule has 0 atom stereocenters. The van der Waals surface area contributed by atoms with Crippen molar-refractivity contribution in [2.75, 3.05) is 11.9 Å². The fourth-order valence-corrected chi connectivity index (χ4v) is 1.77. The summed E-state index contributed by atoms with van der Waals surface area (Å²) in [6.45, 7) is 7.80. The number of nitrogens with zero attached hydrogens (tertiary/aromatic N) is 1. The lowest BCUT2D eigenvalue weighted by atomic mass is 9.92. The van der Waals surface area contributed by atoms with Gasteiger partial charge in [0.15, 0.2) is 0 Å². The Labute approximate surface area is 103 Å². The van der Waals surface area contributed by atoms with Crippen molar-refractivity contribution >= 4 is 16.6 Å². The number of anilines is 1. The molecule has 0 aliphatic heterocycles. The fraction of sp³-hybridized carbons (Fsp3) is 0.400. The molecule has 1 aromatic heterocycles. The summed E-state index contributed by atoms with van der Waals surface area (Å²) in [5.41, 5.74) is 2.61. The highest BCUT2D eigenvalue weighted by molar-refractivity contribution is 5.82. The van der Waals surface area contributed by atoms with Crippen LogP contribution in [0.3, 0.4) is 0 Å². The zero-order valence-corrected chi connectivity index (χ0v) is 10.8. The summed E-state index contributed by atoms with van der Waals surface area (Å²) in [4.78, 5) is 4.31. The Morgan fingerprint density at radius 2 is 2.00 bits per heavy atom. The highest BCUT2D eigenvalue weighted by Gasteiger charge is 2.08. The highest BCUT2D eigenvalue weighted by Crippen LogP contribution is 2.20. The third-order valence-corrected chi connectivity index (χ3v) is 2.81. The maximum atomic E-state index is 4.31. The molecule has 0 bridgehead atoms. The molecule has 2 aromatic rings. The van der Waals surface area contributed by atoms with Crippen molar-refractivity contribution in [3.8, 4) is 0 Å². The molecule has 1 aromatic carbocycles. The number of aromatic nitrogens is 1. The number of pyridine rings is 1. The van der Waals surface area contributed by atoms with Crippen LogP contribution < -0.4 is 5.32 Å². The smallest absolute Gasteiger partial charge is 0.0703 e. The average molecular weight is 228 g/mol. The molecule has 0 saturated heterocycles. The van der Waals surface area contributed by atoms with Crippen molar-refractivity contribution < 1.29 is 0 Å². The molecule has 2 nitrogen and oxygen atoms in total. The van der Waals surface area contributed by atoms with E-state index in [-0.39, 0.29) is 0 Å². The third-order valence-electron chi connectivity index (χ3n) is 2.81. The van der Waals surface area contributed by atoms with Crippen LogP contribution in [-0.4, -0.2) is 11.5 Å². The van der Waals surface area contributed by atoms with Crippen LogP contribution in [0, 0.1) is 5.41 Å². The predicted molar refractivity (Wildman–Crippen MR) is 74.3 cm³/mol. The molecular weight excluding hydrogens is 208 g/mol. The van der Waals surface area contributed by atoms with Gasteiger partial charge in [0.1, 0.15) is 0 Å². The van der Waals surface area contributed by atoms with Crippen molar-refractivity contribution in [2.24, 2.45) is 5.41 Å². The SMILES string of the molecule is CC(C)(C)CCNc1ccc2ncccc2c1. The molecule has 0 saturated carbocycles. The Hall–Kier alpha value is -1.57. The van der Waals surface area contributed by atoms with Crippen LogP contribution in [0.1, 0.15) is 27.2 Å². The van der Waals surface area contributed by atoms with E-state index in [1.165, 1.54) is 11.1 Å². The predicted octanol–water partition coefficient (Wildman–Crippen LogP) is 4.08. The molecule has 1 heterocycles. The van der Waals surface area contributed by atoms with Gasteiger partial charge in [-0.25, -0.2) is 0 Å². The average Bonchev–Trinajstić information content (AvgIpc) is 2.27. The lowest BCUT2D eigenvalue weighted by Crippen LogP contribution is -2.12. The van der Waals surface area contributed by atoms with E-state index >= 15 is 0 Å². The normalized spacial score (nSPS) is 11.7. The molecule has 1 N–H and O–H groups in total. The van der Waals surface area contributed by atoms with E-state index < -0.39 is 0 Å². The van der Waals surface area contributed by atoms with Crippen LogP contribution in [0.25, 0.3) is 10.9 Å². The fourth-order valence-electron chi connectivity index (χ4n) is 1.77. The van der Waals surface area contributed by atoms with Gasteiger partial charge < -0.3 is 5.32 Å². The Morgan fingerprint density at radius 1 is 1.18 bits per heavy atom. The summed E-state index contributed by atoms with van der Waals surface area (Å²) in [6.07, 6.45) is 2.99. The number of hydrogen-bond donors (Lipinski definition) is 1. The first kappa shape index (κ1) is 11.9. The maximum Gasteiger partial charge on any atom is 0.0703 e. The van der Waals surface area contributed by atoms with Crippen LogP contribution in [0.4, 0.5) is 5.69 Å². The van der Waals surface area contributed by atoms with Gasteiger partial charge in [-0.1, -0.05) is 26.8 Å². The zero-order chi connectivity index (χ0) is 12.3. The summed E-state index contributed by atoms with van der Waals surface area (Å²) in [6, 6.07) is 10.4. The van der Waals surface area contributed by atoms with Crippen molar-refractivity contribution in [1.29, 1.82) is 0 Å². The minimum absolute atomic E-state index is 0.380. The van der Waals surface area contributed by atoms with Crippen molar-refractivity contribution in [3.63, 3.8) is 0 Å². The van der Waals surface area contributed by atoms with Gasteiger partial charge in [-0.05, 0) is 36.1 Å². The number of fused-ring (bicyclic) bond motifs is 1. The Kier molecular flexibility index (Phi) is 3.32. The highest BCUT2D eigenvalue weighted by atomic mass is 14.9. The minimum atomic E-state index is 0.380. The van der Waals surface area contributed by atoms with Crippen LogP contribution >= 0.6 is 0 Å². The molecule has 0 aliphatic carbocycles. The standard InChI is InChI=1S/C15H20N2/c1-15(2,3)8-10-16-13-6-7-14-12(11-13)5-4-9-17-14/h4-7,9,11,16H,8,10H2,1-3H3. The molecule has 0 radical (unpaired) electrons. The van der Waals surface area contributed by atoms with Crippen molar-refractivity contribution in [3.05, 3.63) is 36.5 Å². The second kappa shape index (κ2) is 4.74. The van der Waals surface area contributed by atoms with E-state index in [2.05, 4.69) is 55.3 Å². The topological polar surface area (TPSA) is 24.9 Å². The van der Waals surface area contributed by atoms with Crippen molar-refractivity contribution in [2.45, 2.75) is 27.2 Å². The first-order chi connectivity index (χ1) is 8.04. The van der Waals surface area contributed by atoms with E-state index in [1.54, 1.807) is 0 Å². The molecule has 0 aliphatic rings. The summed E-state index contributed by atoms with van der Waals surface area (Å²) in [7, 11) is 0.